The number of ether oxygens (including phenoxy) is 1. The third-order valence-corrected chi connectivity index (χ3v) is 2.74. The number of rotatable bonds is 2. The first-order valence-corrected chi connectivity index (χ1v) is 4.76. The van der Waals surface area contributed by atoms with Gasteiger partial charge in [-0.3, -0.25) is 0 Å². The van der Waals surface area contributed by atoms with E-state index in [9.17, 15) is 5.11 Å². The third kappa shape index (κ3) is 2.40. The van der Waals surface area contributed by atoms with Crippen LogP contribution in [-0.4, -0.2) is 35.3 Å². The first-order valence-electron chi connectivity index (χ1n) is 4.76. The Hall–Kier alpha value is -0.160. The standard InChI is InChI=1S/C9H19NO3/c1-5(2)6-3-7(10)9(12)13-8(6)4-11/h5-9,11-12H,3-4,10H2,1-2H3/t6?,7-,8?,9?/m0/s1. The summed E-state index contributed by atoms with van der Waals surface area (Å²) in [6.07, 6.45) is -0.480. The van der Waals surface area contributed by atoms with Crippen LogP contribution >= 0.6 is 0 Å². The van der Waals surface area contributed by atoms with Crippen LogP contribution in [-0.2, 0) is 4.74 Å². The van der Waals surface area contributed by atoms with E-state index in [-0.39, 0.29) is 24.7 Å². The topological polar surface area (TPSA) is 75.7 Å². The summed E-state index contributed by atoms with van der Waals surface area (Å²) in [6, 6.07) is -0.324. The molecular formula is C9H19NO3. The van der Waals surface area contributed by atoms with Crippen molar-refractivity contribution in [3.8, 4) is 0 Å². The molecule has 0 aromatic carbocycles. The van der Waals surface area contributed by atoms with Gasteiger partial charge in [0, 0.05) is 0 Å². The van der Waals surface area contributed by atoms with Crippen molar-refractivity contribution >= 4 is 0 Å². The molecule has 1 fully saturated rings. The molecule has 0 aromatic rings. The molecule has 4 N–H and O–H groups in total. The maximum Gasteiger partial charge on any atom is 0.170 e. The van der Waals surface area contributed by atoms with Gasteiger partial charge in [-0.25, -0.2) is 0 Å². The lowest BCUT2D eigenvalue weighted by atomic mass is 9.83. The van der Waals surface area contributed by atoms with Crippen LogP contribution in [0.5, 0.6) is 0 Å². The number of aliphatic hydroxyl groups excluding tert-OH is 2. The van der Waals surface area contributed by atoms with E-state index < -0.39 is 6.29 Å². The van der Waals surface area contributed by atoms with Gasteiger partial charge < -0.3 is 20.7 Å². The highest BCUT2D eigenvalue weighted by Gasteiger charge is 2.36. The second-order valence-corrected chi connectivity index (χ2v) is 4.06. The molecule has 0 spiro atoms. The van der Waals surface area contributed by atoms with E-state index in [2.05, 4.69) is 13.8 Å². The fourth-order valence-corrected chi connectivity index (χ4v) is 1.84. The maximum atomic E-state index is 9.32. The van der Waals surface area contributed by atoms with Crippen molar-refractivity contribution in [2.75, 3.05) is 6.61 Å². The third-order valence-electron chi connectivity index (χ3n) is 2.74. The molecule has 0 aliphatic carbocycles. The smallest absolute Gasteiger partial charge is 0.170 e. The Bertz CT molecular complexity index is 163. The zero-order chi connectivity index (χ0) is 10.0. The zero-order valence-electron chi connectivity index (χ0n) is 8.18. The molecule has 78 valence electrons. The van der Waals surface area contributed by atoms with Crippen LogP contribution in [0.2, 0.25) is 0 Å². The molecule has 0 aromatic heterocycles. The number of hydrogen-bond donors (Lipinski definition) is 3. The van der Waals surface area contributed by atoms with E-state index in [0.29, 0.717) is 12.3 Å². The summed E-state index contributed by atoms with van der Waals surface area (Å²) in [5.41, 5.74) is 5.67. The van der Waals surface area contributed by atoms with Crippen LogP contribution < -0.4 is 5.73 Å². The minimum atomic E-state index is -0.924. The predicted octanol–water partition coefficient (Wildman–Crippen LogP) is -0.315. The van der Waals surface area contributed by atoms with E-state index in [4.69, 9.17) is 15.6 Å². The SMILES string of the molecule is CC(C)C1C[C@H](N)C(O)OC1CO. The van der Waals surface area contributed by atoms with Crippen molar-refractivity contribution in [2.24, 2.45) is 17.6 Å². The molecule has 0 saturated carbocycles. The molecule has 4 atom stereocenters. The molecule has 13 heavy (non-hydrogen) atoms. The van der Waals surface area contributed by atoms with Crippen LogP contribution in [0, 0.1) is 11.8 Å². The largest absolute Gasteiger partial charge is 0.394 e. The van der Waals surface area contributed by atoms with Crippen molar-refractivity contribution in [3.05, 3.63) is 0 Å². The Morgan fingerprint density at radius 2 is 2.15 bits per heavy atom. The van der Waals surface area contributed by atoms with E-state index in [1.165, 1.54) is 0 Å². The highest BCUT2D eigenvalue weighted by molar-refractivity contribution is 4.84. The Kier molecular flexibility index (Phi) is 3.67. The number of nitrogens with two attached hydrogens (primary N) is 1. The molecule has 0 radical (unpaired) electrons. The average Bonchev–Trinajstić information content (AvgIpc) is 2.08. The highest BCUT2D eigenvalue weighted by atomic mass is 16.6. The van der Waals surface area contributed by atoms with Gasteiger partial charge in [0.05, 0.1) is 18.8 Å². The molecule has 1 rings (SSSR count). The van der Waals surface area contributed by atoms with Crippen LogP contribution in [0.25, 0.3) is 0 Å². The zero-order valence-corrected chi connectivity index (χ0v) is 8.18. The van der Waals surface area contributed by atoms with Crippen molar-refractivity contribution in [1.82, 2.24) is 0 Å². The summed E-state index contributed by atoms with van der Waals surface area (Å²) in [4.78, 5) is 0. The minimum Gasteiger partial charge on any atom is -0.394 e. The van der Waals surface area contributed by atoms with Crippen LogP contribution in [0.3, 0.4) is 0 Å². The average molecular weight is 189 g/mol. The van der Waals surface area contributed by atoms with Gasteiger partial charge in [-0.2, -0.15) is 0 Å². The lowest BCUT2D eigenvalue weighted by Crippen LogP contribution is -2.51. The molecule has 4 nitrogen and oxygen atoms in total. The first kappa shape index (κ1) is 10.9. The van der Waals surface area contributed by atoms with Crippen LogP contribution in [0.1, 0.15) is 20.3 Å². The van der Waals surface area contributed by atoms with Gasteiger partial charge in [-0.15, -0.1) is 0 Å². The van der Waals surface area contributed by atoms with Crippen molar-refractivity contribution < 1.29 is 14.9 Å². The second-order valence-electron chi connectivity index (χ2n) is 4.06. The molecule has 3 unspecified atom stereocenters. The number of hydrogen-bond acceptors (Lipinski definition) is 4. The maximum absolute atomic E-state index is 9.32. The van der Waals surface area contributed by atoms with Crippen molar-refractivity contribution in [1.29, 1.82) is 0 Å². The quantitative estimate of drug-likeness (QED) is 0.557. The molecule has 0 bridgehead atoms. The minimum absolute atomic E-state index is 0.0490. The molecule has 1 saturated heterocycles. The van der Waals surface area contributed by atoms with Crippen molar-refractivity contribution in [2.45, 2.75) is 38.7 Å². The summed E-state index contributed by atoms with van der Waals surface area (Å²) >= 11 is 0. The van der Waals surface area contributed by atoms with E-state index in [0.717, 1.165) is 0 Å². The predicted molar refractivity (Wildman–Crippen MR) is 48.9 cm³/mol. The lowest BCUT2D eigenvalue weighted by Gasteiger charge is -2.39. The fraction of sp³-hybridized carbons (Fsp3) is 1.00. The molecule has 0 amide bonds. The monoisotopic (exact) mass is 189 g/mol. The van der Waals surface area contributed by atoms with Crippen molar-refractivity contribution in [3.63, 3.8) is 0 Å². The Balaban J connectivity index is 2.61. The molecular weight excluding hydrogens is 170 g/mol. The molecule has 1 heterocycles. The highest BCUT2D eigenvalue weighted by Crippen LogP contribution is 2.29. The Morgan fingerprint density at radius 1 is 1.54 bits per heavy atom. The fourth-order valence-electron chi connectivity index (χ4n) is 1.84. The summed E-state index contributed by atoms with van der Waals surface area (Å²) < 4.78 is 5.20. The van der Waals surface area contributed by atoms with Gasteiger partial charge in [0.25, 0.3) is 0 Å². The van der Waals surface area contributed by atoms with E-state index in [1.807, 2.05) is 0 Å². The Labute approximate surface area is 78.7 Å². The number of aliphatic hydroxyl groups is 2. The molecule has 1 aliphatic rings. The molecule has 1 aliphatic heterocycles. The summed E-state index contributed by atoms with van der Waals surface area (Å²) in [7, 11) is 0. The lowest BCUT2D eigenvalue weighted by molar-refractivity contribution is -0.206. The summed E-state index contributed by atoms with van der Waals surface area (Å²) in [6.45, 7) is 4.09. The van der Waals surface area contributed by atoms with E-state index >= 15 is 0 Å². The second kappa shape index (κ2) is 4.37. The van der Waals surface area contributed by atoms with Gasteiger partial charge in [0.1, 0.15) is 0 Å². The normalized spacial score (nSPS) is 41.1. The first-order chi connectivity index (χ1) is 6.06. The Morgan fingerprint density at radius 3 is 2.62 bits per heavy atom. The summed E-state index contributed by atoms with van der Waals surface area (Å²) in [5, 5.41) is 18.4. The summed E-state index contributed by atoms with van der Waals surface area (Å²) in [5.74, 6) is 0.652. The van der Waals surface area contributed by atoms with Gasteiger partial charge in [0.2, 0.25) is 0 Å². The van der Waals surface area contributed by atoms with Gasteiger partial charge >= 0.3 is 0 Å². The van der Waals surface area contributed by atoms with Crippen LogP contribution in [0.15, 0.2) is 0 Å². The van der Waals surface area contributed by atoms with Gasteiger partial charge in [0.15, 0.2) is 6.29 Å². The van der Waals surface area contributed by atoms with E-state index in [1.54, 1.807) is 0 Å². The molecule has 4 heteroatoms. The van der Waals surface area contributed by atoms with Crippen LogP contribution in [0.4, 0.5) is 0 Å². The van der Waals surface area contributed by atoms with Gasteiger partial charge in [-0.05, 0) is 18.3 Å². The van der Waals surface area contributed by atoms with Gasteiger partial charge in [-0.1, -0.05) is 13.8 Å².